The molecule has 0 saturated heterocycles. The molecule has 106 valence electrons. The van der Waals surface area contributed by atoms with E-state index in [1.165, 1.54) is 0 Å². The monoisotopic (exact) mass is 344 g/mol. The summed E-state index contributed by atoms with van der Waals surface area (Å²) in [5.41, 5.74) is 3.59. The quantitative estimate of drug-likeness (QED) is 0.761. The smallest absolute Gasteiger partial charge is 0.337 e. The van der Waals surface area contributed by atoms with Crippen LogP contribution in [-0.2, 0) is 0 Å². The highest BCUT2D eigenvalue weighted by molar-refractivity contribution is 9.10. The molecule has 1 N–H and O–H groups in total. The molecule has 0 aliphatic carbocycles. The van der Waals surface area contributed by atoms with Gasteiger partial charge in [-0.2, -0.15) is 0 Å². The molecule has 0 amide bonds. The number of rotatable bonds is 2. The molecule has 0 aliphatic rings. The topological polar surface area (TPSA) is 55.1 Å². The Hall–Kier alpha value is -2.14. The number of aromatic nitrogens is 2. The first kappa shape index (κ1) is 13.8. The fraction of sp³-hybridized carbons (Fsp3) is 0.125. The van der Waals surface area contributed by atoms with Gasteiger partial charge in [-0.3, -0.25) is 4.57 Å². The number of carboxylic acids is 1. The van der Waals surface area contributed by atoms with Crippen molar-refractivity contribution in [3.8, 4) is 5.69 Å². The fourth-order valence-electron chi connectivity index (χ4n) is 2.50. The molecule has 1 heterocycles. The zero-order chi connectivity index (χ0) is 15.1. The molecule has 2 aromatic carbocycles. The van der Waals surface area contributed by atoms with Crippen molar-refractivity contribution in [1.82, 2.24) is 9.55 Å². The molecule has 0 atom stereocenters. The lowest BCUT2D eigenvalue weighted by atomic mass is 10.1. The lowest BCUT2D eigenvalue weighted by Crippen LogP contribution is -2.00. The molecule has 0 saturated carbocycles. The molecule has 0 fully saturated rings. The summed E-state index contributed by atoms with van der Waals surface area (Å²) in [5, 5.41) is 9.29. The highest BCUT2D eigenvalue weighted by Gasteiger charge is 2.17. The van der Waals surface area contributed by atoms with Crippen LogP contribution in [0.3, 0.4) is 0 Å². The van der Waals surface area contributed by atoms with Gasteiger partial charge in [0.2, 0.25) is 0 Å². The van der Waals surface area contributed by atoms with Crippen LogP contribution in [0.2, 0.25) is 0 Å². The number of para-hydroxylation sites is 1. The number of aryl methyl sites for hydroxylation is 2. The molecular formula is C16H13BrN2O2. The Morgan fingerprint density at radius 3 is 2.62 bits per heavy atom. The summed E-state index contributed by atoms with van der Waals surface area (Å²) in [6, 6.07) is 11.2. The molecule has 0 aliphatic heterocycles. The number of aromatic carboxylic acids is 1. The molecule has 0 spiro atoms. The summed E-state index contributed by atoms with van der Waals surface area (Å²) < 4.78 is 2.95. The Morgan fingerprint density at radius 1 is 1.19 bits per heavy atom. The third-order valence-corrected chi connectivity index (χ3v) is 4.53. The minimum absolute atomic E-state index is 0.220. The van der Waals surface area contributed by atoms with Crippen molar-refractivity contribution in [2.45, 2.75) is 13.8 Å². The van der Waals surface area contributed by atoms with Crippen molar-refractivity contribution in [1.29, 1.82) is 0 Å². The van der Waals surface area contributed by atoms with Crippen LogP contribution in [-0.4, -0.2) is 20.6 Å². The molecule has 5 heteroatoms. The second-order valence-corrected chi connectivity index (χ2v) is 5.67. The van der Waals surface area contributed by atoms with Gasteiger partial charge < -0.3 is 5.11 Å². The van der Waals surface area contributed by atoms with Crippen LogP contribution < -0.4 is 0 Å². The second-order valence-electron chi connectivity index (χ2n) is 4.88. The summed E-state index contributed by atoms with van der Waals surface area (Å²) in [5.74, 6) is -0.210. The van der Waals surface area contributed by atoms with Crippen molar-refractivity contribution in [2.75, 3.05) is 0 Å². The Balaban J connectivity index is 2.39. The molecule has 0 radical (unpaired) electrons. The molecule has 4 nitrogen and oxygen atoms in total. The summed E-state index contributed by atoms with van der Waals surface area (Å²) in [7, 11) is 0. The van der Waals surface area contributed by atoms with Crippen molar-refractivity contribution >= 4 is 32.9 Å². The molecule has 0 unspecified atom stereocenters. The Morgan fingerprint density at radius 2 is 1.90 bits per heavy atom. The van der Waals surface area contributed by atoms with Crippen molar-refractivity contribution in [2.24, 2.45) is 0 Å². The van der Waals surface area contributed by atoms with Crippen LogP contribution in [0.5, 0.6) is 0 Å². The number of carbonyl (C=O) groups is 1. The third-order valence-electron chi connectivity index (χ3n) is 3.50. The van der Waals surface area contributed by atoms with Crippen LogP contribution in [0, 0.1) is 13.8 Å². The van der Waals surface area contributed by atoms with E-state index in [4.69, 9.17) is 0 Å². The normalized spacial score (nSPS) is 11.0. The van der Waals surface area contributed by atoms with Crippen LogP contribution in [0.4, 0.5) is 0 Å². The van der Waals surface area contributed by atoms with E-state index >= 15 is 0 Å². The van der Waals surface area contributed by atoms with E-state index in [2.05, 4.69) is 20.9 Å². The highest BCUT2D eigenvalue weighted by atomic mass is 79.9. The van der Waals surface area contributed by atoms with Gasteiger partial charge in [-0.05, 0) is 53.5 Å². The van der Waals surface area contributed by atoms with Crippen molar-refractivity contribution < 1.29 is 9.90 Å². The zero-order valence-corrected chi connectivity index (χ0v) is 13.2. The zero-order valence-electron chi connectivity index (χ0n) is 11.6. The second kappa shape index (κ2) is 5.00. The van der Waals surface area contributed by atoms with Crippen LogP contribution in [0.15, 0.2) is 40.9 Å². The van der Waals surface area contributed by atoms with Gasteiger partial charge >= 0.3 is 5.97 Å². The number of hydrogen-bond acceptors (Lipinski definition) is 2. The first-order valence-electron chi connectivity index (χ1n) is 6.47. The number of carboxylic acid groups (broad SMARTS) is 1. The first-order valence-corrected chi connectivity index (χ1v) is 7.27. The third kappa shape index (κ3) is 2.14. The summed E-state index contributed by atoms with van der Waals surface area (Å²) in [6.07, 6.45) is 0. The van der Waals surface area contributed by atoms with Crippen molar-refractivity contribution in [3.05, 3.63) is 57.8 Å². The van der Waals surface area contributed by atoms with Gasteiger partial charge in [0.25, 0.3) is 0 Å². The van der Waals surface area contributed by atoms with Gasteiger partial charge in [0.1, 0.15) is 11.3 Å². The van der Waals surface area contributed by atoms with E-state index < -0.39 is 5.97 Å². The Labute approximate surface area is 130 Å². The average Bonchev–Trinajstić information content (AvgIpc) is 2.77. The number of hydrogen-bond donors (Lipinski definition) is 1. The SMILES string of the molecule is Cc1cccc(-n2c(C)nc3c(C(=O)O)cccc32)c1Br. The fourth-order valence-corrected chi connectivity index (χ4v) is 2.94. The van der Waals surface area contributed by atoms with Gasteiger partial charge in [0.05, 0.1) is 16.8 Å². The van der Waals surface area contributed by atoms with Crippen LogP contribution in [0.25, 0.3) is 16.7 Å². The summed E-state index contributed by atoms with van der Waals surface area (Å²) in [6.45, 7) is 3.89. The molecule has 0 bridgehead atoms. The van der Waals surface area contributed by atoms with Gasteiger partial charge in [0, 0.05) is 4.47 Å². The van der Waals surface area contributed by atoms with E-state index in [0.29, 0.717) is 5.52 Å². The van der Waals surface area contributed by atoms with E-state index in [1.807, 2.05) is 42.7 Å². The largest absolute Gasteiger partial charge is 0.478 e. The number of benzene rings is 2. The standard InChI is InChI=1S/C16H13BrN2O2/c1-9-5-3-7-12(14(9)17)19-10(2)18-15-11(16(20)21)6-4-8-13(15)19/h3-8H,1-2H3,(H,20,21). The van der Waals surface area contributed by atoms with Gasteiger partial charge in [-0.1, -0.05) is 18.2 Å². The number of imidazole rings is 1. The van der Waals surface area contributed by atoms with Gasteiger partial charge in [-0.25, -0.2) is 9.78 Å². The van der Waals surface area contributed by atoms with Crippen molar-refractivity contribution in [3.63, 3.8) is 0 Å². The minimum Gasteiger partial charge on any atom is -0.478 e. The molecule has 3 aromatic rings. The Bertz CT molecular complexity index is 868. The first-order chi connectivity index (χ1) is 10.0. The van der Waals surface area contributed by atoms with Gasteiger partial charge in [0.15, 0.2) is 0 Å². The van der Waals surface area contributed by atoms with Gasteiger partial charge in [-0.15, -0.1) is 0 Å². The molecule has 3 rings (SSSR count). The average molecular weight is 345 g/mol. The lowest BCUT2D eigenvalue weighted by molar-refractivity contribution is 0.0699. The Kier molecular flexibility index (Phi) is 3.29. The maximum Gasteiger partial charge on any atom is 0.337 e. The number of halogens is 1. The van der Waals surface area contributed by atoms with E-state index in [-0.39, 0.29) is 5.56 Å². The van der Waals surface area contributed by atoms with E-state index in [9.17, 15) is 9.90 Å². The molecular weight excluding hydrogens is 332 g/mol. The van der Waals surface area contributed by atoms with E-state index in [1.54, 1.807) is 12.1 Å². The molecule has 21 heavy (non-hydrogen) atoms. The number of fused-ring (bicyclic) bond motifs is 1. The predicted octanol–water partition coefficient (Wildman–Crippen LogP) is 4.10. The van der Waals surface area contributed by atoms with Crippen LogP contribution >= 0.6 is 15.9 Å². The maximum atomic E-state index is 11.3. The lowest BCUT2D eigenvalue weighted by Gasteiger charge is -2.11. The summed E-state index contributed by atoms with van der Waals surface area (Å²) >= 11 is 3.60. The highest BCUT2D eigenvalue weighted by Crippen LogP contribution is 2.30. The maximum absolute atomic E-state index is 11.3. The van der Waals surface area contributed by atoms with E-state index in [0.717, 1.165) is 27.1 Å². The van der Waals surface area contributed by atoms with Crippen LogP contribution in [0.1, 0.15) is 21.7 Å². The predicted molar refractivity (Wildman–Crippen MR) is 85.2 cm³/mol. The molecule has 1 aromatic heterocycles. The number of nitrogens with zero attached hydrogens (tertiary/aromatic N) is 2. The summed E-state index contributed by atoms with van der Waals surface area (Å²) in [4.78, 5) is 15.8. The minimum atomic E-state index is -0.964.